The normalized spacial score (nSPS) is 16.4. The number of rotatable bonds is 4. The average molecular weight is 418 g/mol. The third kappa shape index (κ3) is 3.53. The number of alkyl halides is 12. The number of hydrogen-bond donors (Lipinski definition) is 1. The number of carbonyl (C=O) groups is 1. The molecule has 0 saturated carbocycles. The van der Waals surface area contributed by atoms with Crippen LogP contribution in [0.2, 0.25) is 0 Å². The predicted octanol–water partition coefficient (Wildman–Crippen LogP) is 4.29. The van der Waals surface area contributed by atoms with Crippen molar-refractivity contribution in [2.75, 3.05) is 0 Å². The number of aliphatic hydroxyl groups is 1. The van der Waals surface area contributed by atoms with Crippen LogP contribution in [0.15, 0.2) is 0 Å². The third-order valence-electron chi connectivity index (χ3n) is 3.40. The van der Waals surface area contributed by atoms with Crippen molar-refractivity contribution < 1.29 is 67.3 Å². The second-order valence-corrected chi connectivity index (χ2v) is 5.11. The highest BCUT2D eigenvalue weighted by molar-refractivity contribution is 5.73. The number of carbonyl (C=O) groups excluding carboxylic acids is 1. The predicted molar refractivity (Wildman–Crippen MR) is 57.4 cm³/mol. The summed E-state index contributed by atoms with van der Waals surface area (Å²) in [5.74, 6) is -4.61. The fraction of sp³-hybridized carbons (Fsp3) is 0.909. The molecule has 0 rings (SSSR count). The first-order valence-corrected chi connectivity index (χ1v) is 6.34. The summed E-state index contributed by atoms with van der Waals surface area (Å²) in [7, 11) is 0. The zero-order valence-corrected chi connectivity index (χ0v) is 12.6. The fourth-order valence-corrected chi connectivity index (χ4v) is 1.74. The van der Waals surface area contributed by atoms with Gasteiger partial charge in [0.2, 0.25) is 0 Å². The fourth-order valence-electron chi connectivity index (χ4n) is 1.74. The highest BCUT2D eigenvalue weighted by atomic mass is 19.4. The molecule has 3 nitrogen and oxygen atoms in total. The molecule has 15 heteroatoms. The topological polar surface area (TPSA) is 46.5 Å². The molecule has 0 bridgehead atoms. The molecule has 0 heterocycles. The summed E-state index contributed by atoms with van der Waals surface area (Å²) in [5.41, 5.74) is -14.9. The first kappa shape index (κ1) is 24.6. The highest BCUT2D eigenvalue weighted by Crippen LogP contribution is 2.61. The molecule has 0 amide bonds. The van der Waals surface area contributed by atoms with Gasteiger partial charge in [-0.25, -0.2) is 0 Å². The van der Waals surface area contributed by atoms with E-state index in [-0.39, 0.29) is 0 Å². The molecule has 0 fully saturated rings. The Kier molecular flexibility index (Phi) is 6.28. The van der Waals surface area contributed by atoms with Gasteiger partial charge in [0.15, 0.2) is 0 Å². The lowest BCUT2D eigenvalue weighted by atomic mass is 9.79. The molecule has 1 unspecified atom stereocenters. The Morgan fingerprint density at radius 2 is 1.12 bits per heavy atom. The summed E-state index contributed by atoms with van der Waals surface area (Å²) in [4.78, 5) is 11.3. The summed E-state index contributed by atoms with van der Waals surface area (Å²) in [6, 6.07) is 0. The second kappa shape index (κ2) is 6.64. The van der Waals surface area contributed by atoms with Gasteiger partial charge in [-0.2, -0.15) is 52.7 Å². The van der Waals surface area contributed by atoms with Crippen molar-refractivity contribution in [2.45, 2.75) is 56.2 Å². The van der Waals surface area contributed by atoms with E-state index in [0.717, 1.165) is 6.92 Å². The molecule has 0 saturated heterocycles. The molecular weight excluding hydrogens is 408 g/mol. The van der Waals surface area contributed by atoms with Crippen LogP contribution in [-0.2, 0) is 9.53 Å². The van der Waals surface area contributed by atoms with Crippen LogP contribution in [0.5, 0.6) is 0 Å². The Morgan fingerprint density at radius 1 is 0.808 bits per heavy atom. The number of esters is 1. The second-order valence-electron chi connectivity index (χ2n) is 5.11. The van der Waals surface area contributed by atoms with Gasteiger partial charge < -0.3 is 9.84 Å². The molecule has 0 aliphatic carbocycles. The summed E-state index contributed by atoms with van der Waals surface area (Å²) < 4.78 is 157. The molecule has 0 radical (unpaired) electrons. The van der Waals surface area contributed by atoms with Crippen molar-refractivity contribution in [3.8, 4) is 0 Å². The number of ether oxygens (including phenoxy) is 1. The maximum atomic E-state index is 13.0. The van der Waals surface area contributed by atoms with Gasteiger partial charge in [0.1, 0.15) is 0 Å². The number of hydrogen-bond acceptors (Lipinski definition) is 3. The Morgan fingerprint density at radius 3 is 1.31 bits per heavy atom. The average Bonchev–Trinajstić information content (AvgIpc) is 2.37. The van der Waals surface area contributed by atoms with Gasteiger partial charge in [-0.1, -0.05) is 13.8 Å². The summed E-state index contributed by atoms with van der Waals surface area (Å²) in [6.45, 7) is 1.58. The van der Waals surface area contributed by atoms with Crippen LogP contribution in [0.4, 0.5) is 52.7 Å². The Labute approximate surface area is 136 Å². The minimum absolute atomic E-state index is 0.582. The summed E-state index contributed by atoms with van der Waals surface area (Å²) >= 11 is 0. The van der Waals surface area contributed by atoms with E-state index >= 15 is 0 Å². The van der Waals surface area contributed by atoms with Gasteiger partial charge in [0.25, 0.3) is 0 Å². The largest absolute Gasteiger partial charge is 0.441 e. The van der Waals surface area contributed by atoms with Gasteiger partial charge in [0, 0.05) is 0 Å². The van der Waals surface area contributed by atoms with Gasteiger partial charge in [-0.05, 0) is 6.42 Å². The SMILES string of the molecule is CCC(C)C(=O)OC(C(F)(F)F)(C(F)(F)F)C(O)(C(F)(F)F)C(F)(F)F. The molecule has 156 valence electrons. The van der Waals surface area contributed by atoms with Crippen LogP contribution in [0, 0.1) is 5.92 Å². The molecular formula is C11H10F12O3. The van der Waals surface area contributed by atoms with Gasteiger partial charge in [-0.15, -0.1) is 0 Å². The van der Waals surface area contributed by atoms with Gasteiger partial charge >= 0.3 is 41.9 Å². The van der Waals surface area contributed by atoms with Crippen molar-refractivity contribution in [1.29, 1.82) is 0 Å². The van der Waals surface area contributed by atoms with Crippen LogP contribution in [0.25, 0.3) is 0 Å². The van der Waals surface area contributed by atoms with E-state index in [4.69, 9.17) is 5.11 Å². The first-order chi connectivity index (χ1) is 11.1. The Balaban J connectivity index is 7.19. The van der Waals surface area contributed by atoms with Crippen LogP contribution >= 0.6 is 0 Å². The minimum atomic E-state index is -7.58. The van der Waals surface area contributed by atoms with Crippen LogP contribution in [0.3, 0.4) is 0 Å². The molecule has 0 aliphatic rings. The maximum absolute atomic E-state index is 13.0. The summed E-state index contributed by atoms with van der Waals surface area (Å²) in [6.07, 6.45) is -30.8. The van der Waals surface area contributed by atoms with Crippen LogP contribution in [-0.4, -0.2) is 47.0 Å². The van der Waals surface area contributed by atoms with Crippen molar-refractivity contribution in [3.05, 3.63) is 0 Å². The van der Waals surface area contributed by atoms with E-state index in [0.29, 0.717) is 6.92 Å². The standard InChI is InChI=1S/C11H10F12O3/c1-3-4(2)5(24)26-7(10(18,19)20,11(21,22)23)6(25,8(12,13)14)9(15,16)17/h4,25H,3H2,1-2H3. The van der Waals surface area contributed by atoms with Gasteiger partial charge in [-0.3, -0.25) is 4.79 Å². The number of halogens is 12. The highest BCUT2D eigenvalue weighted by Gasteiger charge is 2.96. The molecule has 26 heavy (non-hydrogen) atoms. The Bertz CT molecular complexity index is 484. The lowest BCUT2D eigenvalue weighted by Crippen LogP contribution is -2.81. The van der Waals surface area contributed by atoms with Crippen molar-refractivity contribution in [2.24, 2.45) is 5.92 Å². The van der Waals surface area contributed by atoms with Gasteiger partial charge in [0.05, 0.1) is 5.92 Å². The van der Waals surface area contributed by atoms with Crippen molar-refractivity contribution in [1.82, 2.24) is 0 Å². The Hall–Kier alpha value is -1.41. The van der Waals surface area contributed by atoms with Crippen LogP contribution < -0.4 is 0 Å². The monoisotopic (exact) mass is 418 g/mol. The van der Waals surface area contributed by atoms with Crippen molar-refractivity contribution >= 4 is 5.97 Å². The molecule has 1 atom stereocenters. The smallest absolute Gasteiger partial charge is 0.436 e. The van der Waals surface area contributed by atoms with E-state index in [1.807, 2.05) is 0 Å². The molecule has 0 aromatic rings. The maximum Gasteiger partial charge on any atom is 0.441 e. The minimum Gasteiger partial charge on any atom is -0.436 e. The quantitative estimate of drug-likeness (QED) is 0.548. The van der Waals surface area contributed by atoms with Crippen LogP contribution in [0.1, 0.15) is 20.3 Å². The first-order valence-electron chi connectivity index (χ1n) is 6.34. The van der Waals surface area contributed by atoms with Crippen molar-refractivity contribution in [3.63, 3.8) is 0 Å². The van der Waals surface area contributed by atoms with E-state index in [1.54, 1.807) is 0 Å². The molecule has 0 spiro atoms. The molecule has 0 aromatic carbocycles. The third-order valence-corrected chi connectivity index (χ3v) is 3.40. The summed E-state index contributed by atoms with van der Waals surface area (Å²) in [5, 5.41) is 8.80. The molecule has 0 aliphatic heterocycles. The lowest BCUT2D eigenvalue weighted by Gasteiger charge is -2.47. The van der Waals surface area contributed by atoms with E-state index in [2.05, 4.69) is 4.74 Å². The van der Waals surface area contributed by atoms with E-state index < -0.39 is 54.2 Å². The molecule has 1 N–H and O–H groups in total. The lowest BCUT2D eigenvalue weighted by molar-refractivity contribution is -0.495. The molecule has 0 aromatic heterocycles. The van der Waals surface area contributed by atoms with E-state index in [9.17, 15) is 57.5 Å². The van der Waals surface area contributed by atoms with E-state index in [1.165, 1.54) is 0 Å². The zero-order chi connectivity index (χ0) is 21.6. The zero-order valence-electron chi connectivity index (χ0n) is 12.6.